The molecule has 1 aromatic heterocycles. The molecule has 110 valence electrons. The summed E-state index contributed by atoms with van der Waals surface area (Å²) in [6.45, 7) is 0. The molecule has 0 spiro atoms. The second-order valence-corrected chi connectivity index (χ2v) is 4.77. The van der Waals surface area contributed by atoms with E-state index in [0.29, 0.717) is 5.56 Å². The van der Waals surface area contributed by atoms with Gasteiger partial charge < -0.3 is 10.5 Å². The highest BCUT2D eigenvalue weighted by molar-refractivity contribution is 7.08. The van der Waals surface area contributed by atoms with Crippen LogP contribution in [0.15, 0.2) is 35.0 Å². The zero-order chi connectivity index (χ0) is 14.0. The first-order chi connectivity index (χ1) is 8.93. The molecule has 1 atom stereocenters. The minimum atomic E-state index is -4.46. The second kappa shape index (κ2) is 6.47. The Hall–Kier alpha value is -1.24. The number of hydrogen-bond donors (Lipinski definition) is 1. The molecule has 2 rings (SSSR count). The topological polar surface area (TPSA) is 35.2 Å². The first kappa shape index (κ1) is 16.8. The van der Waals surface area contributed by atoms with Crippen LogP contribution in [-0.2, 0) is 6.18 Å². The molecule has 1 heterocycles. The number of alkyl halides is 3. The number of hydrogen-bond acceptors (Lipinski definition) is 3. The first-order valence-corrected chi connectivity index (χ1v) is 6.40. The highest BCUT2D eigenvalue weighted by Gasteiger charge is 2.35. The van der Waals surface area contributed by atoms with E-state index in [2.05, 4.69) is 0 Å². The average Bonchev–Trinajstić information content (AvgIpc) is 2.90. The molecule has 0 unspecified atom stereocenters. The van der Waals surface area contributed by atoms with Crippen molar-refractivity contribution in [1.29, 1.82) is 0 Å². The number of thiophene rings is 1. The summed E-state index contributed by atoms with van der Waals surface area (Å²) < 4.78 is 44.0. The Morgan fingerprint density at radius 3 is 2.45 bits per heavy atom. The second-order valence-electron chi connectivity index (χ2n) is 3.99. The van der Waals surface area contributed by atoms with Crippen molar-refractivity contribution in [2.24, 2.45) is 5.73 Å². The zero-order valence-electron chi connectivity index (χ0n) is 10.5. The molecule has 20 heavy (non-hydrogen) atoms. The molecule has 2 N–H and O–H groups in total. The normalized spacial score (nSPS) is 12.7. The van der Waals surface area contributed by atoms with Crippen molar-refractivity contribution in [3.05, 3.63) is 51.7 Å². The highest BCUT2D eigenvalue weighted by Crippen LogP contribution is 2.38. The highest BCUT2D eigenvalue weighted by atomic mass is 35.5. The van der Waals surface area contributed by atoms with Crippen molar-refractivity contribution >= 4 is 23.7 Å². The molecule has 2 nitrogen and oxygen atoms in total. The van der Waals surface area contributed by atoms with Gasteiger partial charge in [0.25, 0.3) is 0 Å². The lowest BCUT2D eigenvalue weighted by Gasteiger charge is -2.18. The Balaban J connectivity index is 0.00000200. The van der Waals surface area contributed by atoms with Crippen LogP contribution in [0, 0.1) is 0 Å². The average molecular weight is 324 g/mol. The van der Waals surface area contributed by atoms with Crippen LogP contribution in [0.2, 0.25) is 0 Å². The molecule has 2 aromatic rings. The summed E-state index contributed by atoms with van der Waals surface area (Å²) in [6.07, 6.45) is -4.46. The number of rotatable bonds is 3. The van der Waals surface area contributed by atoms with E-state index in [1.165, 1.54) is 30.6 Å². The molecule has 1 aromatic carbocycles. The van der Waals surface area contributed by atoms with Crippen LogP contribution in [0.25, 0.3) is 0 Å². The molecule has 0 aliphatic carbocycles. The molecule has 7 heteroatoms. The van der Waals surface area contributed by atoms with Gasteiger partial charge in [-0.05, 0) is 40.1 Å². The maximum absolute atomic E-state index is 13.1. The van der Waals surface area contributed by atoms with E-state index in [9.17, 15) is 13.2 Å². The van der Waals surface area contributed by atoms with Crippen LogP contribution >= 0.6 is 23.7 Å². The minimum absolute atomic E-state index is 0. The molecule has 0 fully saturated rings. The van der Waals surface area contributed by atoms with E-state index in [-0.39, 0.29) is 23.7 Å². The number of ether oxygens (including phenoxy) is 1. The van der Waals surface area contributed by atoms with E-state index in [4.69, 9.17) is 10.5 Å². The first-order valence-electron chi connectivity index (χ1n) is 5.46. The zero-order valence-corrected chi connectivity index (χ0v) is 12.1. The van der Waals surface area contributed by atoms with E-state index in [0.717, 1.165) is 6.07 Å². The molecule has 0 saturated heterocycles. The summed E-state index contributed by atoms with van der Waals surface area (Å²) in [5.74, 6) is 0.161. The summed E-state index contributed by atoms with van der Waals surface area (Å²) in [7, 11) is 1.33. The van der Waals surface area contributed by atoms with Gasteiger partial charge in [0, 0.05) is 0 Å². The number of nitrogens with two attached hydrogens (primary N) is 1. The smallest absolute Gasteiger partial charge is 0.416 e. The standard InChI is InChI=1S/C13H12F3NOS.ClH/c1-18-9-2-3-10(11(6-9)13(14,15)16)12(17)8-4-5-19-7-8;/h2-7,12H,17H2,1H3;1H/t12-;/m0./s1. The predicted octanol–water partition coefficient (Wildman–Crippen LogP) is 4.25. The van der Waals surface area contributed by atoms with Crippen LogP contribution in [0.3, 0.4) is 0 Å². The third-order valence-corrected chi connectivity index (χ3v) is 3.50. The lowest BCUT2D eigenvalue weighted by atomic mass is 9.96. The third kappa shape index (κ3) is 3.45. The largest absolute Gasteiger partial charge is 0.497 e. The fourth-order valence-corrected chi connectivity index (χ4v) is 2.51. The third-order valence-electron chi connectivity index (χ3n) is 2.80. The van der Waals surface area contributed by atoms with Crippen molar-refractivity contribution in [3.63, 3.8) is 0 Å². The van der Waals surface area contributed by atoms with Gasteiger partial charge in [0.2, 0.25) is 0 Å². The Morgan fingerprint density at radius 1 is 1.25 bits per heavy atom. The van der Waals surface area contributed by atoms with Gasteiger partial charge in [-0.3, -0.25) is 0 Å². The molecule has 0 radical (unpaired) electrons. The quantitative estimate of drug-likeness (QED) is 0.916. The Morgan fingerprint density at radius 2 is 1.95 bits per heavy atom. The van der Waals surface area contributed by atoms with Gasteiger partial charge >= 0.3 is 6.18 Å². The van der Waals surface area contributed by atoms with E-state index in [1.54, 1.807) is 16.8 Å². The lowest BCUT2D eigenvalue weighted by Crippen LogP contribution is -2.18. The number of halogens is 4. The van der Waals surface area contributed by atoms with Gasteiger partial charge in [-0.25, -0.2) is 0 Å². The van der Waals surface area contributed by atoms with Crippen molar-refractivity contribution in [1.82, 2.24) is 0 Å². The molecular formula is C13H13ClF3NOS. The minimum Gasteiger partial charge on any atom is -0.497 e. The van der Waals surface area contributed by atoms with Crippen LogP contribution in [0.5, 0.6) is 5.75 Å². The molecule has 0 bridgehead atoms. The van der Waals surface area contributed by atoms with E-state index < -0.39 is 17.8 Å². The Bertz CT molecular complexity index is 557. The Labute approximate surface area is 124 Å². The lowest BCUT2D eigenvalue weighted by molar-refractivity contribution is -0.138. The molecular weight excluding hydrogens is 311 g/mol. The van der Waals surface area contributed by atoms with Crippen molar-refractivity contribution in [2.45, 2.75) is 12.2 Å². The molecule has 0 amide bonds. The van der Waals surface area contributed by atoms with E-state index in [1.807, 2.05) is 0 Å². The summed E-state index contributed by atoms with van der Waals surface area (Å²) in [5.41, 5.74) is 5.87. The monoisotopic (exact) mass is 323 g/mol. The summed E-state index contributed by atoms with van der Waals surface area (Å²) in [5, 5.41) is 3.53. The number of methoxy groups -OCH3 is 1. The molecule has 0 aliphatic heterocycles. The van der Waals surface area contributed by atoms with Gasteiger partial charge in [-0.15, -0.1) is 12.4 Å². The van der Waals surface area contributed by atoms with Crippen LogP contribution in [-0.4, -0.2) is 7.11 Å². The fourth-order valence-electron chi connectivity index (χ4n) is 1.81. The Kier molecular flexibility index (Phi) is 5.44. The fraction of sp³-hybridized carbons (Fsp3) is 0.231. The number of benzene rings is 1. The summed E-state index contributed by atoms with van der Waals surface area (Å²) in [6, 6.07) is 4.75. The van der Waals surface area contributed by atoms with E-state index >= 15 is 0 Å². The van der Waals surface area contributed by atoms with Crippen molar-refractivity contribution < 1.29 is 17.9 Å². The van der Waals surface area contributed by atoms with Gasteiger partial charge in [-0.2, -0.15) is 24.5 Å². The van der Waals surface area contributed by atoms with Gasteiger partial charge in [-0.1, -0.05) is 6.07 Å². The molecule has 0 aliphatic rings. The summed E-state index contributed by atoms with van der Waals surface area (Å²) >= 11 is 1.40. The van der Waals surface area contributed by atoms with Gasteiger partial charge in [0.1, 0.15) is 5.75 Å². The predicted molar refractivity (Wildman–Crippen MR) is 75.6 cm³/mol. The maximum Gasteiger partial charge on any atom is 0.416 e. The molecule has 0 saturated carbocycles. The van der Waals surface area contributed by atoms with Crippen LogP contribution < -0.4 is 10.5 Å². The maximum atomic E-state index is 13.1. The van der Waals surface area contributed by atoms with Crippen LogP contribution in [0.4, 0.5) is 13.2 Å². The van der Waals surface area contributed by atoms with Gasteiger partial charge in [0.05, 0.1) is 18.7 Å². The van der Waals surface area contributed by atoms with Crippen molar-refractivity contribution in [3.8, 4) is 5.75 Å². The van der Waals surface area contributed by atoms with Crippen molar-refractivity contribution in [2.75, 3.05) is 7.11 Å². The summed E-state index contributed by atoms with van der Waals surface area (Å²) in [4.78, 5) is 0. The van der Waals surface area contributed by atoms with Gasteiger partial charge in [0.15, 0.2) is 0 Å². The van der Waals surface area contributed by atoms with Crippen LogP contribution in [0.1, 0.15) is 22.7 Å². The SMILES string of the molecule is COc1ccc([C@@H](N)c2ccsc2)c(C(F)(F)F)c1.Cl.